The first kappa shape index (κ1) is 14.4. The van der Waals surface area contributed by atoms with Crippen LogP contribution in [0.3, 0.4) is 0 Å². The number of hydrogen-bond acceptors (Lipinski definition) is 3. The second-order valence-corrected chi connectivity index (χ2v) is 6.06. The molecule has 0 radical (unpaired) electrons. The monoisotopic (exact) mass is 265 g/mol. The predicted molar refractivity (Wildman–Crippen MR) is 75.2 cm³/mol. The van der Waals surface area contributed by atoms with E-state index in [1.54, 1.807) is 12.3 Å². The van der Waals surface area contributed by atoms with Gasteiger partial charge in [0.25, 0.3) is 0 Å². The lowest BCUT2D eigenvalue weighted by atomic mass is 9.70. The van der Waals surface area contributed by atoms with Crippen LogP contribution in [-0.4, -0.2) is 29.5 Å². The molecule has 1 aliphatic rings. The van der Waals surface area contributed by atoms with Gasteiger partial charge in [-0.05, 0) is 51.8 Å². The van der Waals surface area contributed by atoms with Crippen molar-refractivity contribution in [2.24, 2.45) is 11.7 Å². The van der Waals surface area contributed by atoms with Crippen molar-refractivity contribution in [1.82, 2.24) is 9.88 Å². The van der Waals surface area contributed by atoms with Gasteiger partial charge >= 0.3 is 0 Å². The Labute approximate surface area is 115 Å². The van der Waals surface area contributed by atoms with Crippen LogP contribution >= 0.6 is 0 Å². The molecule has 1 aliphatic carbocycles. The molecule has 0 spiro atoms. The maximum atomic E-state index is 13.9. The third-order valence-electron chi connectivity index (χ3n) is 4.75. The van der Waals surface area contributed by atoms with Gasteiger partial charge in [-0.1, -0.05) is 6.92 Å². The molecule has 0 aliphatic heterocycles. The molecule has 1 heterocycles. The summed E-state index contributed by atoms with van der Waals surface area (Å²) in [5.74, 6) is 0.442. The van der Waals surface area contributed by atoms with E-state index in [9.17, 15) is 4.39 Å². The van der Waals surface area contributed by atoms with Gasteiger partial charge in [0.1, 0.15) is 5.82 Å². The summed E-state index contributed by atoms with van der Waals surface area (Å²) >= 11 is 0. The van der Waals surface area contributed by atoms with E-state index in [2.05, 4.69) is 30.9 Å². The van der Waals surface area contributed by atoms with Crippen molar-refractivity contribution >= 4 is 0 Å². The smallest absolute Gasteiger partial charge is 0.146 e. The van der Waals surface area contributed by atoms with Gasteiger partial charge in [-0.15, -0.1) is 0 Å². The third-order valence-corrected chi connectivity index (χ3v) is 4.75. The summed E-state index contributed by atoms with van der Waals surface area (Å²) < 4.78 is 13.9. The van der Waals surface area contributed by atoms with Gasteiger partial charge in [-0.3, -0.25) is 4.98 Å². The normalized spacial score (nSPS) is 29.5. The molecule has 0 bridgehead atoms. The van der Waals surface area contributed by atoms with Gasteiger partial charge in [0.05, 0.1) is 12.2 Å². The molecule has 1 unspecified atom stereocenters. The zero-order chi connectivity index (χ0) is 14.0. The van der Waals surface area contributed by atoms with Crippen molar-refractivity contribution in [2.75, 3.05) is 14.1 Å². The molecule has 0 aromatic carbocycles. The molecule has 0 saturated heterocycles. The molecule has 4 heteroatoms. The summed E-state index contributed by atoms with van der Waals surface area (Å²) in [4.78, 5) is 5.99. The summed E-state index contributed by atoms with van der Waals surface area (Å²) in [6.45, 7) is 2.28. The quantitative estimate of drug-likeness (QED) is 0.913. The fourth-order valence-corrected chi connectivity index (χ4v) is 3.23. The van der Waals surface area contributed by atoms with Crippen LogP contribution < -0.4 is 5.73 Å². The fraction of sp³-hybridized carbons (Fsp3) is 0.667. The van der Waals surface area contributed by atoms with Crippen molar-refractivity contribution in [3.8, 4) is 0 Å². The number of likely N-dealkylation sites (N-methyl/N-ethyl adjacent to an activating group) is 1. The van der Waals surface area contributed by atoms with Gasteiger partial charge in [0.2, 0.25) is 0 Å². The zero-order valence-corrected chi connectivity index (χ0v) is 12.1. The highest BCUT2D eigenvalue weighted by molar-refractivity contribution is 5.22. The molecule has 3 nitrogen and oxygen atoms in total. The second kappa shape index (κ2) is 5.55. The van der Waals surface area contributed by atoms with Crippen LogP contribution in [0.15, 0.2) is 18.5 Å². The van der Waals surface area contributed by atoms with Gasteiger partial charge < -0.3 is 10.6 Å². The average molecular weight is 265 g/mol. The van der Waals surface area contributed by atoms with Crippen molar-refractivity contribution in [3.05, 3.63) is 29.8 Å². The SMILES string of the molecule is CC1CCC(C(N)c2ccncc2F)(N(C)C)CC1. The molecular weight excluding hydrogens is 241 g/mol. The van der Waals surface area contributed by atoms with Crippen LogP contribution in [-0.2, 0) is 0 Å². The van der Waals surface area contributed by atoms with Crippen LogP contribution in [0.5, 0.6) is 0 Å². The Kier molecular flexibility index (Phi) is 4.21. The highest BCUT2D eigenvalue weighted by atomic mass is 19.1. The summed E-state index contributed by atoms with van der Waals surface area (Å²) in [6.07, 6.45) is 7.21. The van der Waals surface area contributed by atoms with E-state index >= 15 is 0 Å². The van der Waals surface area contributed by atoms with Crippen LogP contribution in [0.4, 0.5) is 4.39 Å². The van der Waals surface area contributed by atoms with Gasteiger partial charge in [-0.2, -0.15) is 0 Å². The van der Waals surface area contributed by atoms with Gasteiger partial charge in [0, 0.05) is 17.3 Å². The lowest BCUT2D eigenvalue weighted by Gasteiger charge is -2.48. The number of nitrogens with zero attached hydrogens (tertiary/aromatic N) is 2. The van der Waals surface area contributed by atoms with Gasteiger partial charge in [-0.25, -0.2) is 4.39 Å². The Morgan fingerprint density at radius 2 is 2.05 bits per heavy atom. The van der Waals surface area contributed by atoms with Crippen molar-refractivity contribution in [2.45, 2.75) is 44.2 Å². The number of rotatable bonds is 3. The largest absolute Gasteiger partial charge is 0.322 e. The van der Waals surface area contributed by atoms with E-state index in [1.807, 2.05) is 0 Å². The minimum Gasteiger partial charge on any atom is -0.322 e. The standard InChI is InChI=1S/C15H24FN3/c1-11-4-7-15(8-5-11,19(2)3)14(17)12-6-9-18-10-13(12)16/h6,9-11,14H,4-5,7-8,17H2,1-3H3. The van der Waals surface area contributed by atoms with E-state index in [0.717, 1.165) is 31.6 Å². The van der Waals surface area contributed by atoms with E-state index in [-0.39, 0.29) is 17.4 Å². The van der Waals surface area contributed by atoms with Crippen molar-refractivity contribution in [3.63, 3.8) is 0 Å². The summed E-state index contributed by atoms with van der Waals surface area (Å²) in [5.41, 5.74) is 6.88. The molecule has 0 amide bonds. The summed E-state index contributed by atoms with van der Waals surface area (Å²) in [5, 5.41) is 0. The first-order valence-electron chi connectivity index (χ1n) is 7.00. The molecule has 2 rings (SSSR count). The lowest BCUT2D eigenvalue weighted by molar-refractivity contribution is 0.0553. The van der Waals surface area contributed by atoms with Crippen LogP contribution in [0, 0.1) is 11.7 Å². The number of hydrogen-bond donors (Lipinski definition) is 1. The van der Waals surface area contributed by atoms with Crippen molar-refractivity contribution in [1.29, 1.82) is 0 Å². The number of nitrogens with two attached hydrogens (primary N) is 1. The minimum atomic E-state index is -0.307. The number of halogens is 1. The van der Waals surface area contributed by atoms with Gasteiger partial charge in [0.15, 0.2) is 0 Å². The lowest BCUT2D eigenvalue weighted by Crippen LogP contribution is -2.54. The van der Waals surface area contributed by atoms with Crippen molar-refractivity contribution < 1.29 is 4.39 Å². The molecule has 2 N–H and O–H groups in total. The van der Waals surface area contributed by atoms with E-state index in [0.29, 0.717) is 5.56 Å². The Morgan fingerprint density at radius 1 is 1.42 bits per heavy atom. The van der Waals surface area contributed by atoms with E-state index in [4.69, 9.17) is 5.73 Å². The maximum absolute atomic E-state index is 13.9. The molecule has 1 aromatic rings. The predicted octanol–water partition coefficient (Wildman–Crippen LogP) is 2.73. The summed E-state index contributed by atoms with van der Waals surface area (Å²) in [6, 6.07) is 1.40. The van der Waals surface area contributed by atoms with Crippen LogP contribution in [0.1, 0.15) is 44.2 Å². The molecule has 1 fully saturated rings. The van der Waals surface area contributed by atoms with Crippen LogP contribution in [0.25, 0.3) is 0 Å². The molecule has 19 heavy (non-hydrogen) atoms. The maximum Gasteiger partial charge on any atom is 0.146 e. The Balaban J connectivity index is 2.32. The first-order valence-corrected chi connectivity index (χ1v) is 7.00. The average Bonchev–Trinajstić information content (AvgIpc) is 2.39. The Morgan fingerprint density at radius 3 is 2.58 bits per heavy atom. The summed E-state index contributed by atoms with van der Waals surface area (Å²) in [7, 11) is 4.10. The van der Waals surface area contributed by atoms with E-state index < -0.39 is 0 Å². The molecular formula is C15H24FN3. The zero-order valence-electron chi connectivity index (χ0n) is 12.1. The molecule has 1 atom stereocenters. The molecule has 1 aromatic heterocycles. The molecule has 106 valence electrons. The van der Waals surface area contributed by atoms with Crippen LogP contribution in [0.2, 0.25) is 0 Å². The first-order chi connectivity index (χ1) is 8.97. The Bertz CT molecular complexity index is 425. The Hall–Kier alpha value is -1.00. The number of aromatic nitrogens is 1. The van der Waals surface area contributed by atoms with E-state index in [1.165, 1.54) is 6.20 Å². The highest BCUT2D eigenvalue weighted by Crippen LogP contribution is 2.42. The topological polar surface area (TPSA) is 42.1 Å². The molecule has 1 saturated carbocycles. The second-order valence-electron chi connectivity index (χ2n) is 6.06. The highest BCUT2D eigenvalue weighted by Gasteiger charge is 2.42. The minimum absolute atomic E-state index is 0.144. The fourth-order valence-electron chi connectivity index (χ4n) is 3.23. The third kappa shape index (κ3) is 2.65. The number of pyridine rings is 1.